The molecule has 0 aromatic heterocycles. The van der Waals surface area contributed by atoms with Crippen LogP contribution in [0.1, 0.15) is 39.5 Å². The first-order chi connectivity index (χ1) is 10.6. The molecule has 0 radical (unpaired) electrons. The van der Waals surface area contributed by atoms with Crippen LogP contribution in [0.3, 0.4) is 0 Å². The van der Waals surface area contributed by atoms with Crippen molar-refractivity contribution in [3.63, 3.8) is 0 Å². The molecule has 1 aliphatic rings. The zero-order chi connectivity index (χ0) is 17.3. The summed E-state index contributed by atoms with van der Waals surface area (Å²) in [4.78, 5) is 12.9. The molecular formula is C17H23FINO3. The fraction of sp³-hybridized carbons (Fsp3) is 0.588. The SMILES string of the molecule is CC(C)(CC(=O)O)CC1(O)CCN(c2ccc(I)cc2F)CC1. The summed E-state index contributed by atoms with van der Waals surface area (Å²) in [6.07, 6.45) is 1.50. The number of anilines is 1. The van der Waals surface area contributed by atoms with E-state index < -0.39 is 17.0 Å². The predicted molar refractivity (Wildman–Crippen MR) is 96.2 cm³/mol. The molecule has 0 bridgehead atoms. The Morgan fingerprint density at radius 3 is 2.52 bits per heavy atom. The lowest BCUT2D eigenvalue weighted by atomic mass is 9.74. The molecule has 6 heteroatoms. The summed E-state index contributed by atoms with van der Waals surface area (Å²) < 4.78 is 14.9. The minimum absolute atomic E-state index is 0.0325. The Kier molecular flexibility index (Phi) is 5.56. The van der Waals surface area contributed by atoms with Gasteiger partial charge in [-0.25, -0.2) is 4.39 Å². The van der Waals surface area contributed by atoms with E-state index in [0.717, 1.165) is 3.57 Å². The van der Waals surface area contributed by atoms with Gasteiger partial charge in [-0.15, -0.1) is 0 Å². The van der Waals surface area contributed by atoms with Crippen molar-refractivity contribution in [3.8, 4) is 0 Å². The van der Waals surface area contributed by atoms with E-state index in [1.54, 1.807) is 6.07 Å². The van der Waals surface area contributed by atoms with Crippen LogP contribution in [0.25, 0.3) is 0 Å². The zero-order valence-electron chi connectivity index (χ0n) is 13.5. The number of benzene rings is 1. The van der Waals surface area contributed by atoms with Crippen molar-refractivity contribution in [3.05, 3.63) is 27.6 Å². The molecule has 0 saturated carbocycles. The van der Waals surface area contributed by atoms with Gasteiger partial charge in [0.1, 0.15) is 5.82 Å². The number of rotatable bonds is 5. The molecule has 1 fully saturated rings. The van der Waals surface area contributed by atoms with Crippen LogP contribution < -0.4 is 4.90 Å². The first-order valence-electron chi connectivity index (χ1n) is 7.74. The number of carboxylic acids is 1. The number of carboxylic acid groups (broad SMARTS) is 1. The van der Waals surface area contributed by atoms with Crippen LogP contribution in [0.5, 0.6) is 0 Å². The highest BCUT2D eigenvalue weighted by Gasteiger charge is 2.38. The summed E-state index contributed by atoms with van der Waals surface area (Å²) in [5.41, 5.74) is -0.774. The van der Waals surface area contributed by atoms with Crippen molar-refractivity contribution in [2.75, 3.05) is 18.0 Å². The predicted octanol–water partition coefficient (Wildman–Crippen LogP) is 3.65. The summed E-state index contributed by atoms with van der Waals surface area (Å²) in [7, 11) is 0. The number of nitrogens with zero attached hydrogens (tertiary/aromatic N) is 1. The highest BCUT2D eigenvalue weighted by Crippen LogP contribution is 2.38. The van der Waals surface area contributed by atoms with E-state index in [2.05, 4.69) is 22.6 Å². The third-order valence-electron chi connectivity index (χ3n) is 4.38. The molecule has 2 rings (SSSR count). The lowest BCUT2D eigenvalue weighted by molar-refractivity contribution is -0.140. The number of hydrogen-bond donors (Lipinski definition) is 2. The molecule has 1 aromatic carbocycles. The molecule has 4 nitrogen and oxygen atoms in total. The minimum Gasteiger partial charge on any atom is -0.481 e. The van der Waals surface area contributed by atoms with Gasteiger partial charge < -0.3 is 15.1 Å². The van der Waals surface area contributed by atoms with Crippen LogP contribution in [-0.2, 0) is 4.79 Å². The largest absolute Gasteiger partial charge is 0.481 e. The van der Waals surface area contributed by atoms with Gasteiger partial charge in [-0.1, -0.05) is 13.8 Å². The van der Waals surface area contributed by atoms with Crippen LogP contribution in [0.2, 0.25) is 0 Å². The van der Waals surface area contributed by atoms with E-state index >= 15 is 0 Å². The average molecular weight is 435 g/mol. The monoisotopic (exact) mass is 435 g/mol. The fourth-order valence-corrected chi connectivity index (χ4v) is 3.89. The summed E-state index contributed by atoms with van der Waals surface area (Å²) in [6.45, 7) is 4.86. The van der Waals surface area contributed by atoms with E-state index in [1.807, 2.05) is 24.8 Å². The first kappa shape index (κ1) is 18.4. The molecule has 0 atom stereocenters. The summed E-state index contributed by atoms with van der Waals surface area (Å²) in [5, 5.41) is 19.8. The third-order valence-corrected chi connectivity index (χ3v) is 5.05. The molecule has 1 aromatic rings. The maximum Gasteiger partial charge on any atom is 0.303 e. The topological polar surface area (TPSA) is 60.8 Å². The van der Waals surface area contributed by atoms with Crippen molar-refractivity contribution in [2.45, 2.75) is 45.1 Å². The molecule has 2 N–H and O–H groups in total. The Labute approximate surface area is 149 Å². The Hall–Kier alpha value is -0.890. The number of aliphatic carboxylic acids is 1. The van der Waals surface area contributed by atoms with Gasteiger partial charge >= 0.3 is 5.97 Å². The summed E-state index contributed by atoms with van der Waals surface area (Å²) >= 11 is 2.08. The van der Waals surface area contributed by atoms with Crippen molar-refractivity contribution in [1.29, 1.82) is 0 Å². The first-order valence-corrected chi connectivity index (χ1v) is 8.82. The zero-order valence-corrected chi connectivity index (χ0v) is 15.6. The molecule has 1 heterocycles. The van der Waals surface area contributed by atoms with Gasteiger partial charge in [-0.3, -0.25) is 4.79 Å². The average Bonchev–Trinajstić information content (AvgIpc) is 2.37. The fourth-order valence-electron chi connectivity index (χ4n) is 3.44. The van der Waals surface area contributed by atoms with Crippen molar-refractivity contribution in [2.24, 2.45) is 5.41 Å². The smallest absolute Gasteiger partial charge is 0.303 e. The number of halogens is 2. The van der Waals surface area contributed by atoms with E-state index in [4.69, 9.17) is 5.11 Å². The van der Waals surface area contributed by atoms with Gasteiger partial charge in [-0.2, -0.15) is 0 Å². The molecule has 0 unspecified atom stereocenters. The summed E-state index contributed by atoms with van der Waals surface area (Å²) in [6, 6.07) is 5.15. The summed E-state index contributed by atoms with van der Waals surface area (Å²) in [5.74, 6) is -1.09. The van der Waals surface area contributed by atoms with Gasteiger partial charge in [0.05, 0.1) is 17.7 Å². The minimum atomic E-state index is -0.880. The Morgan fingerprint density at radius 1 is 1.39 bits per heavy atom. The number of aliphatic hydroxyl groups is 1. The molecule has 0 amide bonds. The Bertz CT molecular complexity index is 583. The van der Waals surface area contributed by atoms with Gasteiger partial charge in [0.15, 0.2) is 0 Å². The van der Waals surface area contributed by atoms with Crippen molar-refractivity contribution in [1.82, 2.24) is 0 Å². The molecule has 128 valence electrons. The standard InChI is InChI=1S/C17H23FINO3/c1-16(2,10-15(21)22)11-17(23)5-7-20(8-6-17)14-4-3-12(19)9-13(14)18/h3-4,9,23H,5-8,10-11H2,1-2H3,(H,21,22). The lowest BCUT2D eigenvalue weighted by Gasteiger charge is -2.42. The van der Waals surface area contributed by atoms with E-state index in [0.29, 0.717) is 38.0 Å². The molecular weight excluding hydrogens is 412 g/mol. The maximum absolute atomic E-state index is 14.1. The second kappa shape index (κ2) is 6.93. The van der Waals surface area contributed by atoms with E-state index in [1.165, 1.54) is 6.07 Å². The van der Waals surface area contributed by atoms with Crippen LogP contribution in [0.15, 0.2) is 18.2 Å². The quantitative estimate of drug-likeness (QED) is 0.694. The Balaban J connectivity index is 2.01. The molecule has 0 aliphatic carbocycles. The number of hydrogen-bond acceptors (Lipinski definition) is 3. The van der Waals surface area contributed by atoms with E-state index in [-0.39, 0.29) is 12.2 Å². The van der Waals surface area contributed by atoms with Gasteiger partial charge in [-0.05, 0) is 65.5 Å². The second-order valence-electron chi connectivity index (χ2n) is 7.22. The molecule has 1 saturated heterocycles. The van der Waals surface area contributed by atoms with Gasteiger partial charge in [0.25, 0.3) is 0 Å². The third kappa shape index (κ3) is 5.04. The van der Waals surface area contributed by atoms with Crippen molar-refractivity contribution < 1.29 is 19.4 Å². The number of piperidine rings is 1. The van der Waals surface area contributed by atoms with Crippen LogP contribution >= 0.6 is 22.6 Å². The van der Waals surface area contributed by atoms with Gasteiger partial charge in [0.2, 0.25) is 0 Å². The van der Waals surface area contributed by atoms with Gasteiger partial charge in [0, 0.05) is 16.7 Å². The molecule has 1 aliphatic heterocycles. The molecule has 0 spiro atoms. The van der Waals surface area contributed by atoms with Crippen LogP contribution in [-0.4, -0.2) is 34.9 Å². The van der Waals surface area contributed by atoms with E-state index in [9.17, 15) is 14.3 Å². The van der Waals surface area contributed by atoms with Crippen LogP contribution in [0, 0.1) is 14.8 Å². The highest BCUT2D eigenvalue weighted by molar-refractivity contribution is 14.1. The normalized spacial score (nSPS) is 18.0. The maximum atomic E-state index is 14.1. The highest BCUT2D eigenvalue weighted by atomic mass is 127. The Morgan fingerprint density at radius 2 is 2.00 bits per heavy atom. The number of carbonyl (C=O) groups is 1. The molecule has 23 heavy (non-hydrogen) atoms. The van der Waals surface area contributed by atoms with Crippen LogP contribution in [0.4, 0.5) is 10.1 Å². The lowest BCUT2D eigenvalue weighted by Crippen LogP contribution is -2.47. The second-order valence-corrected chi connectivity index (χ2v) is 8.46. The van der Waals surface area contributed by atoms with Crippen molar-refractivity contribution >= 4 is 34.2 Å².